The second kappa shape index (κ2) is 6.55. The van der Waals surface area contributed by atoms with Crippen LogP contribution in [0, 0.1) is 0 Å². The number of hydrogen-bond acceptors (Lipinski definition) is 10. The number of anilines is 3. The standard InChI is InChI=1S/C16H23N7O4S/c1-9-6-26-7-10-8-27-12-13(16(2,3)28(4,24)25)19-15(20-14(12)23(9)10)18-11-5-17-22-21-11/h5,9-10H,6-8H2,1-4H3,(H2,17,18,19,20,21,22)/t9-,10?/m1/s1. The van der Waals surface area contributed by atoms with Crippen LogP contribution in [0.25, 0.3) is 0 Å². The SMILES string of the molecule is C[C@@H]1COCC2COc3c(nc(Nc4cn[nH]n4)nc3C(C)(C)S(C)(=O)=O)N21. The molecule has 2 aliphatic heterocycles. The molecule has 0 aromatic carbocycles. The first-order chi connectivity index (χ1) is 13.2. The fourth-order valence-corrected chi connectivity index (χ4v) is 3.84. The van der Waals surface area contributed by atoms with Crippen LogP contribution in [-0.2, 0) is 19.3 Å². The van der Waals surface area contributed by atoms with Gasteiger partial charge < -0.3 is 19.7 Å². The molecule has 11 nitrogen and oxygen atoms in total. The molecule has 0 radical (unpaired) electrons. The van der Waals surface area contributed by atoms with Crippen molar-refractivity contribution in [3.05, 3.63) is 11.9 Å². The van der Waals surface area contributed by atoms with E-state index in [1.54, 1.807) is 13.8 Å². The Bertz CT molecular complexity index is 977. The molecule has 12 heteroatoms. The summed E-state index contributed by atoms with van der Waals surface area (Å²) in [7, 11) is -3.49. The summed E-state index contributed by atoms with van der Waals surface area (Å²) in [6, 6.07) is 0.0608. The summed E-state index contributed by atoms with van der Waals surface area (Å²) in [4.78, 5) is 11.2. The molecule has 4 heterocycles. The molecule has 2 aromatic rings. The van der Waals surface area contributed by atoms with E-state index in [2.05, 4.69) is 35.6 Å². The molecule has 0 bridgehead atoms. The highest BCUT2D eigenvalue weighted by Gasteiger charge is 2.43. The Labute approximate surface area is 162 Å². The Morgan fingerprint density at radius 2 is 2.07 bits per heavy atom. The Kier molecular flexibility index (Phi) is 4.42. The van der Waals surface area contributed by atoms with E-state index >= 15 is 0 Å². The van der Waals surface area contributed by atoms with Crippen molar-refractivity contribution in [1.82, 2.24) is 25.4 Å². The lowest BCUT2D eigenvalue weighted by Crippen LogP contribution is -2.56. The van der Waals surface area contributed by atoms with Crippen molar-refractivity contribution in [3.63, 3.8) is 0 Å². The van der Waals surface area contributed by atoms with E-state index in [9.17, 15) is 8.42 Å². The molecular formula is C16H23N7O4S. The van der Waals surface area contributed by atoms with Crippen LogP contribution in [0.15, 0.2) is 6.20 Å². The van der Waals surface area contributed by atoms with Gasteiger partial charge in [-0.3, -0.25) is 0 Å². The van der Waals surface area contributed by atoms with Crippen LogP contribution < -0.4 is 15.0 Å². The third kappa shape index (κ3) is 3.05. The number of aromatic nitrogens is 5. The number of hydrogen-bond donors (Lipinski definition) is 2. The number of rotatable bonds is 4. The number of aromatic amines is 1. The van der Waals surface area contributed by atoms with Gasteiger partial charge in [0.1, 0.15) is 17.0 Å². The van der Waals surface area contributed by atoms with Crippen LogP contribution in [0.2, 0.25) is 0 Å². The minimum Gasteiger partial charge on any atom is -0.486 e. The monoisotopic (exact) mass is 409 g/mol. The molecule has 28 heavy (non-hydrogen) atoms. The van der Waals surface area contributed by atoms with E-state index in [4.69, 9.17) is 9.47 Å². The van der Waals surface area contributed by atoms with E-state index in [1.165, 1.54) is 12.5 Å². The van der Waals surface area contributed by atoms with Gasteiger partial charge >= 0.3 is 0 Å². The fourth-order valence-electron chi connectivity index (χ4n) is 3.35. The average Bonchev–Trinajstić information content (AvgIpc) is 3.13. The van der Waals surface area contributed by atoms with Gasteiger partial charge in [-0.15, -0.1) is 5.10 Å². The zero-order chi connectivity index (χ0) is 20.1. The van der Waals surface area contributed by atoms with Crippen LogP contribution in [0.4, 0.5) is 17.6 Å². The molecule has 0 spiro atoms. The van der Waals surface area contributed by atoms with Gasteiger partial charge in [0.2, 0.25) is 5.95 Å². The molecule has 0 saturated carbocycles. The Morgan fingerprint density at radius 1 is 1.29 bits per heavy atom. The number of ether oxygens (including phenoxy) is 2. The van der Waals surface area contributed by atoms with E-state index < -0.39 is 14.6 Å². The van der Waals surface area contributed by atoms with Gasteiger partial charge in [0.15, 0.2) is 27.2 Å². The van der Waals surface area contributed by atoms with Crippen LogP contribution in [0.5, 0.6) is 5.75 Å². The molecule has 1 fully saturated rings. The van der Waals surface area contributed by atoms with Crippen LogP contribution in [0.3, 0.4) is 0 Å². The Morgan fingerprint density at radius 3 is 2.75 bits per heavy atom. The van der Waals surface area contributed by atoms with E-state index in [0.717, 1.165) is 0 Å². The molecule has 152 valence electrons. The summed E-state index contributed by atoms with van der Waals surface area (Å²) < 4.78 is 35.4. The maximum Gasteiger partial charge on any atom is 0.230 e. The summed E-state index contributed by atoms with van der Waals surface area (Å²) in [6.07, 6.45) is 2.68. The van der Waals surface area contributed by atoms with E-state index in [1.807, 2.05) is 6.92 Å². The van der Waals surface area contributed by atoms with Gasteiger partial charge in [-0.25, -0.2) is 13.4 Å². The highest BCUT2D eigenvalue weighted by Crippen LogP contribution is 2.44. The van der Waals surface area contributed by atoms with Crippen molar-refractivity contribution < 1.29 is 17.9 Å². The van der Waals surface area contributed by atoms with Crippen molar-refractivity contribution in [2.75, 3.05) is 36.3 Å². The zero-order valence-electron chi connectivity index (χ0n) is 16.1. The number of H-pyrrole nitrogens is 1. The van der Waals surface area contributed by atoms with Gasteiger partial charge in [0.05, 0.1) is 31.5 Å². The molecular weight excluding hydrogens is 386 g/mol. The topological polar surface area (TPSA) is 135 Å². The summed E-state index contributed by atoms with van der Waals surface area (Å²) in [5.74, 6) is 1.60. The summed E-state index contributed by atoms with van der Waals surface area (Å²) in [6.45, 7) is 6.71. The van der Waals surface area contributed by atoms with Crippen molar-refractivity contribution in [1.29, 1.82) is 0 Å². The first kappa shape index (κ1) is 18.9. The Balaban J connectivity index is 1.89. The highest BCUT2D eigenvalue weighted by molar-refractivity contribution is 7.91. The third-order valence-electron chi connectivity index (χ3n) is 5.20. The number of sulfone groups is 1. The number of nitrogens with zero attached hydrogens (tertiary/aromatic N) is 5. The maximum atomic E-state index is 12.5. The molecule has 0 aliphatic carbocycles. The number of fused-ring (bicyclic) bond motifs is 3. The second-order valence-electron chi connectivity index (χ2n) is 7.57. The molecule has 2 aliphatic rings. The third-order valence-corrected chi connectivity index (χ3v) is 7.25. The summed E-state index contributed by atoms with van der Waals surface area (Å²) >= 11 is 0. The lowest BCUT2D eigenvalue weighted by atomic mass is 10.0. The van der Waals surface area contributed by atoms with Crippen molar-refractivity contribution in [2.45, 2.75) is 37.6 Å². The first-order valence-electron chi connectivity index (χ1n) is 8.92. The largest absolute Gasteiger partial charge is 0.486 e. The van der Waals surface area contributed by atoms with Crippen LogP contribution >= 0.6 is 0 Å². The molecule has 2 aromatic heterocycles. The second-order valence-corrected chi connectivity index (χ2v) is 10.1. The predicted molar refractivity (Wildman–Crippen MR) is 102 cm³/mol. The molecule has 2 atom stereocenters. The summed E-state index contributed by atoms with van der Waals surface area (Å²) in [5, 5.41) is 13.2. The fraction of sp³-hybridized carbons (Fsp3) is 0.625. The molecule has 1 unspecified atom stereocenters. The van der Waals surface area contributed by atoms with Crippen molar-refractivity contribution >= 4 is 27.4 Å². The smallest absolute Gasteiger partial charge is 0.230 e. The van der Waals surface area contributed by atoms with Gasteiger partial charge in [-0.2, -0.15) is 15.3 Å². The van der Waals surface area contributed by atoms with Gasteiger partial charge in [0.25, 0.3) is 0 Å². The van der Waals surface area contributed by atoms with Crippen molar-refractivity contribution in [2.24, 2.45) is 0 Å². The lowest BCUT2D eigenvalue weighted by molar-refractivity contribution is 0.0482. The minimum absolute atomic E-state index is 0.000228. The van der Waals surface area contributed by atoms with Gasteiger partial charge in [-0.1, -0.05) is 0 Å². The number of morpholine rings is 1. The van der Waals surface area contributed by atoms with Crippen molar-refractivity contribution in [3.8, 4) is 5.75 Å². The normalized spacial score (nSPS) is 22.2. The van der Waals surface area contributed by atoms with E-state index in [0.29, 0.717) is 42.9 Å². The molecule has 2 N–H and O–H groups in total. The van der Waals surface area contributed by atoms with Gasteiger partial charge in [0, 0.05) is 6.26 Å². The predicted octanol–water partition coefficient (Wildman–Crippen LogP) is 0.604. The molecule has 4 rings (SSSR count). The lowest BCUT2D eigenvalue weighted by Gasteiger charge is -2.45. The molecule has 0 amide bonds. The molecule has 1 saturated heterocycles. The van der Waals surface area contributed by atoms with Gasteiger partial charge in [-0.05, 0) is 20.8 Å². The van der Waals surface area contributed by atoms with Crippen LogP contribution in [-0.4, -0.2) is 72.0 Å². The minimum atomic E-state index is -3.49. The first-order valence-corrected chi connectivity index (χ1v) is 10.8. The quantitative estimate of drug-likeness (QED) is 0.739. The highest BCUT2D eigenvalue weighted by atomic mass is 32.2. The maximum absolute atomic E-state index is 12.5. The number of nitrogens with one attached hydrogen (secondary N) is 2. The Hall–Kier alpha value is -2.47. The average molecular weight is 409 g/mol. The summed E-state index contributed by atoms with van der Waals surface area (Å²) in [5.41, 5.74) is 0.308. The van der Waals surface area contributed by atoms with Crippen LogP contribution in [0.1, 0.15) is 26.5 Å². The zero-order valence-corrected chi connectivity index (χ0v) is 16.9. The van der Waals surface area contributed by atoms with E-state index in [-0.39, 0.29) is 18.0 Å².